The second-order valence-electron chi connectivity index (χ2n) is 8.39. The van der Waals surface area contributed by atoms with E-state index in [2.05, 4.69) is 22.1 Å². The minimum absolute atomic E-state index is 0.130. The van der Waals surface area contributed by atoms with Crippen LogP contribution in [-0.4, -0.2) is 21.0 Å². The van der Waals surface area contributed by atoms with Gasteiger partial charge < -0.3 is 5.73 Å². The van der Waals surface area contributed by atoms with Crippen molar-refractivity contribution in [3.05, 3.63) is 35.4 Å². The summed E-state index contributed by atoms with van der Waals surface area (Å²) in [4.78, 5) is 4.55. The van der Waals surface area contributed by atoms with Gasteiger partial charge in [0.2, 0.25) is 0 Å². The summed E-state index contributed by atoms with van der Waals surface area (Å²) >= 11 is 0. The van der Waals surface area contributed by atoms with Crippen LogP contribution < -0.4 is 5.73 Å². The topological polar surface area (TPSA) is 91.4 Å². The molecule has 0 atom stereocenters. The molecule has 0 unspecified atom stereocenters. The fourth-order valence-corrected chi connectivity index (χ4v) is 3.90. The molecule has 1 aliphatic carbocycles. The van der Waals surface area contributed by atoms with Gasteiger partial charge in [-0.1, -0.05) is 58.3 Å². The van der Waals surface area contributed by atoms with Crippen LogP contribution in [0.4, 0.5) is 4.39 Å². The van der Waals surface area contributed by atoms with E-state index in [1.807, 2.05) is 6.07 Å². The molecule has 5 nitrogen and oxygen atoms in total. The van der Waals surface area contributed by atoms with Crippen molar-refractivity contribution in [3.8, 4) is 11.4 Å². The van der Waals surface area contributed by atoms with E-state index in [9.17, 15) is 4.39 Å². The lowest BCUT2D eigenvalue weighted by molar-refractivity contribution is 0.557. The maximum Gasteiger partial charge on any atom is 0.181 e. The number of halogens is 1. The molecular weight excluding hydrogens is 365 g/mol. The monoisotopic (exact) mass is 399 g/mol. The van der Waals surface area contributed by atoms with Crippen LogP contribution in [0.5, 0.6) is 0 Å². The second kappa shape index (κ2) is 9.99. The third-order valence-corrected chi connectivity index (χ3v) is 6.06. The van der Waals surface area contributed by atoms with E-state index in [-0.39, 0.29) is 11.7 Å². The quantitative estimate of drug-likeness (QED) is 0.231. The van der Waals surface area contributed by atoms with E-state index in [4.69, 9.17) is 11.1 Å². The highest BCUT2D eigenvalue weighted by Crippen LogP contribution is 2.46. The summed E-state index contributed by atoms with van der Waals surface area (Å²) in [6.45, 7) is 2.24. The molecule has 0 bridgehead atoms. The van der Waals surface area contributed by atoms with E-state index in [0.29, 0.717) is 11.6 Å². The van der Waals surface area contributed by atoms with Crippen LogP contribution in [0.2, 0.25) is 0 Å². The fourth-order valence-electron chi connectivity index (χ4n) is 3.90. The first-order chi connectivity index (χ1) is 14.1. The predicted molar refractivity (Wildman–Crippen MR) is 116 cm³/mol. The van der Waals surface area contributed by atoms with Gasteiger partial charge in [0.1, 0.15) is 17.5 Å². The Morgan fingerprint density at radius 1 is 1.10 bits per heavy atom. The smallest absolute Gasteiger partial charge is 0.181 e. The van der Waals surface area contributed by atoms with Gasteiger partial charge in [-0.25, -0.2) is 9.37 Å². The van der Waals surface area contributed by atoms with Gasteiger partial charge in [0.25, 0.3) is 0 Å². The fraction of sp³-hybridized carbons (Fsp3) is 0.609. The molecule has 1 aromatic heterocycles. The van der Waals surface area contributed by atoms with Crippen LogP contribution in [0.25, 0.3) is 11.4 Å². The molecule has 0 radical (unpaired) electrons. The average Bonchev–Trinajstić information content (AvgIpc) is 3.39. The molecule has 0 aliphatic heterocycles. The van der Waals surface area contributed by atoms with Gasteiger partial charge in [0.15, 0.2) is 5.82 Å². The number of hydrogen-bond donors (Lipinski definition) is 3. The molecule has 0 saturated heterocycles. The minimum atomic E-state index is -0.468. The van der Waals surface area contributed by atoms with Crippen LogP contribution in [-0.2, 0) is 11.8 Å². The average molecular weight is 400 g/mol. The number of aryl methyl sites for hydroxylation is 1. The van der Waals surface area contributed by atoms with Crippen LogP contribution in [0.15, 0.2) is 18.2 Å². The molecule has 1 heterocycles. The van der Waals surface area contributed by atoms with Crippen molar-refractivity contribution in [1.82, 2.24) is 15.2 Å². The molecule has 1 aromatic carbocycles. The minimum Gasteiger partial charge on any atom is -0.387 e. The van der Waals surface area contributed by atoms with E-state index < -0.39 is 5.41 Å². The Morgan fingerprint density at radius 3 is 2.38 bits per heavy atom. The first-order valence-corrected chi connectivity index (χ1v) is 11.1. The first-order valence-electron chi connectivity index (χ1n) is 11.1. The molecule has 3 rings (SSSR count). The Labute approximate surface area is 173 Å². The number of H-pyrrole nitrogens is 1. The van der Waals surface area contributed by atoms with Crippen molar-refractivity contribution in [2.75, 3.05) is 0 Å². The van der Waals surface area contributed by atoms with Gasteiger partial charge in [-0.3, -0.25) is 10.5 Å². The summed E-state index contributed by atoms with van der Waals surface area (Å²) in [5, 5.41) is 15.0. The van der Waals surface area contributed by atoms with Crippen LogP contribution in [0, 0.1) is 11.2 Å². The summed E-state index contributed by atoms with van der Waals surface area (Å²) in [6.07, 6.45) is 13.7. The molecule has 0 amide bonds. The molecule has 1 aliphatic rings. The molecule has 29 heavy (non-hydrogen) atoms. The third kappa shape index (κ3) is 5.43. The highest BCUT2D eigenvalue weighted by atomic mass is 19.1. The number of aromatic amines is 1. The number of aromatic nitrogens is 3. The Balaban J connectivity index is 1.50. The zero-order chi connectivity index (χ0) is 20.7. The zero-order valence-electron chi connectivity index (χ0n) is 17.6. The maximum atomic E-state index is 14.3. The normalized spacial score (nSPS) is 14.8. The van der Waals surface area contributed by atoms with Crippen LogP contribution in [0.3, 0.4) is 0 Å². The lowest BCUT2D eigenvalue weighted by Gasteiger charge is -2.08. The Kier molecular flexibility index (Phi) is 7.40. The Hall–Kier alpha value is -2.24. The summed E-state index contributed by atoms with van der Waals surface area (Å²) < 4.78 is 14.3. The van der Waals surface area contributed by atoms with Crippen LogP contribution in [0.1, 0.15) is 88.9 Å². The summed E-state index contributed by atoms with van der Waals surface area (Å²) in [5.41, 5.74) is 6.79. The second-order valence-corrected chi connectivity index (χ2v) is 8.39. The van der Waals surface area contributed by atoms with E-state index in [1.165, 1.54) is 51.0 Å². The van der Waals surface area contributed by atoms with E-state index >= 15 is 0 Å². The zero-order valence-corrected chi connectivity index (χ0v) is 17.6. The van der Waals surface area contributed by atoms with Crippen LogP contribution >= 0.6 is 0 Å². The summed E-state index contributed by atoms with van der Waals surface area (Å²) in [5.74, 6) is 1.16. The first kappa shape index (κ1) is 21.5. The SMILES string of the molecule is CCCCCCCCCCCc1cc(-c2n[nH]c(C3(C(=N)N)CC3)n2)ccc1F. The molecule has 4 N–H and O–H groups in total. The molecule has 2 aromatic rings. The molecule has 158 valence electrons. The van der Waals surface area contributed by atoms with Gasteiger partial charge in [0, 0.05) is 5.56 Å². The largest absolute Gasteiger partial charge is 0.387 e. The lowest BCUT2D eigenvalue weighted by atomic mass is 10.0. The number of hydrogen-bond acceptors (Lipinski definition) is 3. The Morgan fingerprint density at radius 2 is 1.76 bits per heavy atom. The van der Waals surface area contributed by atoms with Crippen molar-refractivity contribution >= 4 is 5.84 Å². The van der Waals surface area contributed by atoms with E-state index in [1.54, 1.807) is 6.07 Å². The van der Waals surface area contributed by atoms with Gasteiger partial charge in [-0.05, 0) is 49.4 Å². The van der Waals surface area contributed by atoms with Gasteiger partial charge in [-0.2, -0.15) is 5.10 Å². The van der Waals surface area contributed by atoms with Crippen molar-refractivity contribution in [1.29, 1.82) is 5.41 Å². The third-order valence-electron chi connectivity index (χ3n) is 6.06. The van der Waals surface area contributed by atoms with Gasteiger partial charge in [0.05, 0.1) is 5.41 Å². The highest BCUT2D eigenvalue weighted by molar-refractivity contribution is 5.91. The number of rotatable bonds is 13. The van der Waals surface area contributed by atoms with E-state index in [0.717, 1.165) is 43.2 Å². The maximum absolute atomic E-state index is 14.3. The van der Waals surface area contributed by atoms with Crippen molar-refractivity contribution in [2.24, 2.45) is 5.73 Å². The highest BCUT2D eigenvalue weighted by Gasteiger charge is 2.50. The van der Waals surface area contributed by atoms with Gasteiger partial charge in [-0.15, -0.1) is 0 Å². The van der Waals surface area contributed by atoms with Crippen molar-refractivity contribution in [2.45, 2.75) is 89.4 Å². The number of unbranched alkanes of at least 4 members (excludes halogenated alkanes) is 8. The van der Waals surface area contributed by atoms with Gasteiger partial charge >= 0.3 is 0 Å². The molecular formula is C23H34FN5. The number of amidine groups is 1. The number of nitrogens with two attached hydrogens (primary N) is 1. The standard InChI is InChI=1S/C23H34FN5/c1-2-3-4-5-6-7-8-9-10-11-17-16-18(12-13-19(17)24)20-27-22(29-28-20)23(14-15-23)21(25)26/h12-13,16H,2-11,14-15H2,1H3,(H3,25,26)(H,27,28,29). The molecule has 1 fully saturated rings. The lowest BCUT2D eigenvalue weighted by Crippen LogP contribution is -2.28. The number of benzene rings is 1. The molecule has 1 saturated carbocycles. The number of nitrogens with one attached hydrogen (secondary N) is 2. The molecule has 0 spiro atoms. The summed E-state index contributed by atoms with van der Waals surface area (Å²) in [6, 6.07) is 5.09. The summed E-state index contributed by atoms with van der Waals surface area (Å²) in [7, 11) is 0. The van der Waals surface area contributed by atoms with Crippen molar-refractivity contribution < 1.29 is 4.39 Å². The predicted octanol–water partition coefficient (Wildman–Crippen LogP) is 5.65. The Bertz CT molecular complexity index is 809. The number of nitrogens with zero attached hydrogens (tertiary/aromatic N) is 2. The van der Waals surface area contributed by atoms with Crippen molar-refractivity contribution in [3.63, 3.8) is 0 Å². The molecule has 6 heteroatoms.